The highest BCUT2D eigenvalue weighted by Crippen LogP contribution is 2.37. The summed E-state index contributed by atoms with van der Waals surface area (Å²) in [4.78, 5) is 25.1. The Bertz CT molecular complexity index is 637. The summed E-state index contributed by atoms with van der Waals surface area (Å²) in [6, 6.07) is 8.71. The topological polar surface area (TPSA) is 34.1 Å². The van der Waals surface area contributed by atoms with Crippen molar-refractivity contribution < 1.29 is 9.59 Å². The third kappa shape index (κ3) is 5.55. The fourth-order valence-corrected chi connectivity index (χ4v) is 5.51. The molecule has 2 nitrogen and oxygen atoms in total. The van der Waals surface area contributed by atoms with Crippen molar-refractivity contribution in [3.63, 3.8) is 0 Å². The zero-order valence-corrected chi connectivity index (χ0v) is 17.9. The maximum Gasteiger partial charge on any atom is 0.147 e. The third-order valence-corrected chi connectivity index (χ3v) is 7.20. The molecule has 2 aliphatic carbocycles. The lowest BCUT2D eigenvalue weighted by Gasteiger charge is -2.28. The van der Waals surface area contributed by atoms with Crippen molar-refractivity contribution in [1.82, 2.24) is 0 Å². The van der Waals surface area contributed by atoms with Crippen LogP contribution in [0, 0.1) is 17.8 Å². The average Bonchev–Trinajstić information content (AvgIpc) is 2.70. The van der Waals surface area contributed by atoms with Crippen molar-refractivity contribution in [3.05, 3.63) is 35.4 Å². The maximum atomic E-state index is 12.7. The molecule has 0 aromatic heterocycles. The number of Topliss-reactive ketones (excluding diaryl/α,β-unsaturated/α-hetero) is 2. The van der Waals surface area contributed by atoms with Crippen molar-refractivity contribution in [2.24, 2.45) is 17.8 Å². The van der Waals surface area contributed by atoms with E-state index in [4.69, 9.17) is 0 Å². The molecule has 2 unspecified atom stereocenters. The zero-order chi connectivity index (χ0) is 19.9. The van der Waals surface area contributed by atoms with E-state index < -0.39 is 0 Å². The Kier molecular flexibility index (Phi) is 7.88. The van der Waals surface area contributed by atoms with Gasteiger partial charge in [-0.15, -0.1) is 0 Å². The van der Waals surface area contributed by atoms with Crippen molar-refractivity contribution in [2.45, 2.75) is 96.8 Å². The van der Waals surface area contributed by atoms with Crippen LogP contribution in [0.4, 0.5) is 0 Å². The molecule has 3 rings (SSSR count). The summed E-state index contributed by atoms with van der Waals surface area (Å²) < 4.78 is 0. The molecule has 1 aromatic carbocycles. The van der Waals surface area contributed by atoms with Gasteiger partial charge in [-0.2, -0.15) is 0 Å². The molecule has 0 heterocycles. The van der Waals surface area contributed by atoms with Crippen LogP contribution in [0.3, 0.4) is 0 Å². The van der Waals surface area contributed by atoms with Crippen molar-refractivity contribution in [3.8, 4) is 0 Å². The van der Waals surface area contributed by atoms with E-state index >= 15 is 0 Å². The first-order chi connectivity index (χ1) is 13.6. The highest BCUT2D eigenvalue weighted by molar-refractivity contribution is 6.03. The van der Waals surface area contributed by atoms with Gasteiger partial charge in [-0.05, 0) is 67.4 Å². The van der Waals surface area contributed by atoms with Gasteiger partial charge in [0.2, 0.25) is 0 Å². The third-order valence-electron chi connectivity index (χ3n) is 7.20. The lowest BCUT2D eigenvalue weighted by Crippen LogP contribution is -2.32. The van der Waals surface area contributed by atoms with Gasteiger partial charge in [0.05, 0.1) is 5.92 Å². The van der Waals surface area contributed by atoms with Crippen LogP contribution in [-0.2, 0) is 16.0 Å². The lowest BCUT2D eigenvalue weighted by atomic mass is 9.76. The van der Waals surface area contributed by atoms with Crippen LogP contribution in [0.1, 0.15) is 102 Å². The summed E-state index contributed by atoms with van der Waals surface area (Å²) in [5.41, 5.74) is 2.50. The summed E-state index contributed by atoms with van der Waals surface area (Å²) in [6.07, 6.45) is 13.1. The molecule has 2 atom stereocenters. The van der Waals surface area contributed by atoms with E-state index in [0.29, 0.717) is 24.7 Å². The Labute approximate surface area is 171 Å². The molecular formula is C26H38O2. The van der Waals surface area contributed by atoms with Crippen LogP contribution in [0.2, 0.25) is 0 Å². The van der Waals surface area contributed by atoms with Gasteiger partial charge in [-0.1, -0.05) is 63.8 Å². The molecule has 28 heavy (non-hydrogen) atoms. The number of carbonyl (C=O) groups is 2. The number of ketones is 2. The van der Waals surface area contributed by atoms with Crippen LogP contribution in [-0.4, -0.2) is 11.6 Å². The van der Waals surface area contributed by atoms with Gasteiger partial charge in [-0.25, -0.2) is 0 Å². The minimum atomic E-state index is -0.346. The monoisotopic (exact) mass is 382 g/mol. The summed E-state index contributed by atoms with van der Waals surface area (Å²) in [7, 11) is 0. The number of carbonyl (C=O) groups excluding carboxylic acids is 2. The molecule has 1 aromatic rings. The van der Waals surface area contributed by atoms with E-state index in [1.165, 1.54) is 44.1 Å². The van der Waals surface area contributed by atoms with Gasteiger partial charge >= 0.3 is 0 Å². The molecule has 2 heteroatoms. The van der Waals surface area contributed by atoms with Crippen LogP contribution >= 0.6 is 0 Å². The van der Waals surface area contributed by atoms with E-state index in [1.807, 2.05) is 0 Å². The van der Waals surface area contributed by atoms with E-state index in [0.717, 1.165) is 37.2 Å². The Morgan fingerprint density at radius 1 is 0.857 bits per heavy atom. The van der Waals surface area contributed by atoms with Crippen molar-refractivity contribution in [1.29, 1.82) is 0 Å². The second kappa shape index (κ2) is 10.4. The number of hydrogen-bond donors (Lipinski definition) is 0. The molecular weight excluding hydrogens is 344 g/mol. The van der Waals surface area contributed by atoms with Crippen molar-refractivity contribution >= 4 is 11.6 Å². The molecule has 0 N–H and O–H groups in total. The molecule has 2 fully saturated rings. The first-order valence-corrected chi connectivity index (χ1v) is 11.7. The summed E-state index contributed by atoms with van der Waals surface area (Å²) in [5.74, 6) is 2.11. The Hall–Kier alpha value is -1.44. The van der Waals surface area contributed by atoms with Gasteiger partial charge < -0.3 is 0 Å². The highest BCUT2D eigenvalue weighted by atomic mass is 16.1. The van der Waals surface area contributed by atoms with Crippen LogP contribution in [0.15, 0.2) is 24.3 Å². The minimum absolute atomic E-state index is 0.132. The number of benzene rings is 1. The van der Waals surface area contributed by atoms with Crippen LogP contribution in [0.5, 0.6) is 0 Å². The van der Waals surface area contributed by atoms with Gasteiger partial charge in [-0.3, -0.25) is 9.59 Å². The van der Waals surface area contributed by atoms with E-state index in [-0.39, 0.29) is 17.5 Å². The quantitative estimate of drug-likeness (QED) is 0.471. The van der Waals surface area contributed by atoms with Crippen LogP contribution in [0.25, 0.3) is 0 Å². The van der Waals surface area contributed by atoms with E-state index in [1.54, 1.807) is 0 Å². The molecule has 2 aliphatic rings. The molecule has 0 amide bonds. The SMILES string of the molecule is CCCC1CCC(c2ccc(CC(=O)C3CCC(CCC)CC3=O)cc2)CC1. The van der Waals surface area contributed by atoms with E-state index in [9.17, 15) is 9.59 Å². The predicted octanol–water partition coefficient (Wildman–Crippen LogP) is 6.66. The molecule has 0 aliphatic heterocycles. The summed E-state index contributed by atoms with van der Waals surface area (Å²) >= 11 is 0. The summed E-state index contributed by atoms with van der Waals surface area (Å²) in [6.45, 7) is 4.46. The van der Waals surface area contributed by atoms with Gasteiger partial charge in [0, 0.05) is 12.8 Å². The Balaban J connectivity index is 1.50. The van der Waals surface area contributed by atoms with Gasteiger partial charge in [0.15, 0.2) is 0 Å². The van der Waals surface area contributed by atoms with Crippen LogP contribution < -0.4 is 0 Å². The average molecular weight is 383 g/mol. The Morgan fingerprint density at radius 3 is 2.07 bits per heavy atom. The maximum absolute atomic E-state index is 12.7. The zero-order valence-electron chi connectivity index (χ0n) is 17.9. The highest BCUT2D eigenvalue weighted by Gasteiger charge is 2.32. The number of rotatable bonds is 8. The minimum Gasteiger partial charge on any atom is -0.299 e. The first-order valence-electron chi connectivity index (χ1n) is 11.7. The summed E-state index contributed by atoms with van der Waals surface area (Å²) in [5, 5.41) is 0. The molecule has 0 radical (unpaired) electrons. The van der Waals surface area contributed by atoms with E-state index in [2.05, 4.69) is 38.1 Å². The van der Waals surface area contributed by atoms with Crippen molar-refractivity contribution in [2.75, 3.05) is 0 Å². The smallest absolute Gasteiger partial charge is 0.147 e. The standard InChI is InChI=1S/C26H38O2/c1-3-5-19-7-12-22(13-8-19)23-14-9-21(10-15-23)18-26(28)24-16-11-20(6-4-2)17-25(24)27/h9-10,14-15,19-20,22,24H,3-8,11-13,16-18H2,1-2H3. The molecule has 0 saturated heterocycles. The normalized spacial score (nSPS) is 28.3. The second-order valence-corrected chi connectivity index (χ2v) is 9.35. The second-order valence-electron chi connectivity index (χ2n) is 9.35. The predicted molar refractivity (Wildman–Crippen MR) is 116 cm³/mol. The molecule has 0 bridgehead atoms. The molecule has 154 valence electrons. The fraction of sp³-hybridized carbons (Fsp3) is 0.692. The largest absolute Gasteiger partial charge is 0.299 e. The number of hydrogen-bond acceptors (Lipinski definition) is 2. The first kappa shape index (κ1) is 21.3. The van der Waals surface area contributed by atoms with Gasteiger partial charge in [0.1, 0.15) is 11.6 Å². The fourth-order valence-electron chi connectivity index (χ4n) is 5.51. The van der Waals surface area contributed by atoms with Gasteiger partial charge in [0.25, 0.3) is 0 Å². The molecule has 2 saturated carbocycles. The molecule has 0 spiro atoms. The Morgan fingerprint density at radius 2 is 1.46 bits per heavy atom. The lowest BCUT2D eigenvalue weighted by molar-refractivity contribution is -0.135.